The fourth-order valence-corrected chi connectivity index (χ4v) is 4.21. The molecule has 2 N–H and O–H groups in total. The van der Waals surface area contributed by atoms with Crippen LogP contribution in [0.15, 0.2) is 11.4 Å². The third-order valence-electron chi connectivity index (χ3n) is 3.75. The fraction of sp³-hybridized carbons (Fsp3) is 0.571. The highest BCUT2D eigenvalue weighted by Gasteiger charge is 2.27. The second kappa shape index (κ2) is 7.85. The van der Waals surface area contributed by atoms with Crippen LogP contribution in [0.2, 0.25) is 0 Å². The molecule has 2 rings (SSSR count). The number of nitrogens with zero attached hydrogens (tertiary/aromatic N) is 2. The molecule has 1 aliphatic heterocycles. The quantitative estimate of drug-likeness (QED) is 0.569. The molecule has 21 heavy (non-hydrogen) atoms. The summed E-state index contributed by atoms with van der Waals surface area (Å²) in [7, 11) is 0. The average molecular weight is 437 g/mol. The standard InChI is InChI=1S/C14H20IN3OS2/c1-2-3-11(13(16)20)17-4-6-18(7-5-17)14(19)10-8-12(15)21-9-10/h8-9,11H,2-7H2,1H3,(H2,16,20). The minimum Gasteiger partial charge on any atom is -0.392 e. The Morgan fingerprint density at radius 2 is 2.14 bits per heavy atom. The van der Waals surface area contributed by atoms with Gasteiger partial charge in [0.1, 0.15) is 0 Å². The number of carbonyl (C=O) groups is 1. The van der Waals surface area contributed by atoms with Gasteiger partial charge >= 0.3 is 0 Å². The van der Waals surface area contributed by atoms with Gasteiger partial charge in [-0.2, -0.15) is 0 Å². The van der Waals surface area contributed by atoms with Gasteiger partial charge < -0.3 is 10.6 Å². The van der Waals surface area contributed by atoms with Crippen LogP contribution in [0.5, 0.6) is 0 Å². The van der Waals surface area contributed by atoms with Crippen molar-refractivity contribution < 1.29 is 4.79 Å². The van der Waals surface area contributed by atoms with Crippen LogP contribution in [-0.2, 0) is 0 Å². The van der Waals surface area contributed by atoms with Gasteiger partial charge in [-0.3, -0.25) is 9.69 Å². The molecule has 0 saturated carbocycles. The van der Waals surface area contributed by atoms with E-state index in [1.165, 1.54) is 0 Å². The zero-order valence-corrected chi connectivity index (χ0v) is 15.8. The Bertz CT molecular complexity index is 512. The van der Waals surface area contributed by atoms with E-state index in [1.54, 1.807) is 11.3 Å². The minimum absolute atomic E-state index is 0.135. The van der Waals surface area contributed by atoms with Crippen LogP contribution in [0.3, 0.4) is 0 Å². The predicted octanol–water partition coefficient (Wildman–Crippen LogP) is 2.57. The van der Waals surface area contributed by atoms with Crippen molar-refractivity contribution in [2.45, 2.75) is 25.8 Å². The molecule has 1 saturated heterocycles. The third kappa shape index (κ3) is 4.37. The lowest BCUT2D eigenvalue weighted by Gasteiger charge is -2.38. The van der Waals surface area contributed by atoms with E-state index >= 15 is 0 Å². The lowest BCUT2D eigenvalue weighted by Crippen LogP contribution is -2.54. The van der Waals surface area contributed by atoms with Crippen LogP contribution in [0.25, 0.3) is 0 Å². The Morgan fingerprint density at radius 3 is 2.62 bits per heavy atom. The Balaban J connectivity index is 1.93. The van der Waals surface area contributed by atoms with Crippen LogP contribution in [0.1, 0.15) is 30.1 Å². The van der Waals surface area contributed by atoms with Gasteiger partial charge in [0.25, 0.3) is 5.91 Å². The zero-order valence-electron chi connectivity index (χ0n) is 12.0. The van der Waals surface area contributed by atoms with Gasteiger partial charge in [-0.15, -0.1) is 11.3 Å². The van der Waals surface area contributed by atoms with Crippen LogP contribution >= 0.6 is 46.1 Å². The summed E-state index contributed by atoms with van der Waals surface area (Å²) in [4.78, 5) is 17.2. The Labute approximate surface area is 148 Å². The number of thiophene rings is 1. The number of carbonyl (C=O) groups excluding carboxylic acids is 1. The maximum atomic E-state index is 12.4. The summed E-state index contributed by atoms with van der Waals surface area (Å²) < 4.78 is 1.14. The number of halogens is 1. The molecule has 1 unspecified atom stereocenters. The molecule has 1 aliphatic rings. The van der Waals surface area contributed by atoms with E-state index in [9.17, 15) is 4.79 Å². The average Bonchev–Trinajstić information content (AvgIpc) is 2.90. The third-order valence-corrected chi connectivity index (χ3v) is 5.81. The molecule has 1 atom stereocenters. The summed E-state index contributed by atoms with van der Waals surface area (Å²) in [5, 5.41) is 1.94. The van der Waals surface area contributed by atoms with Gasteiger partial charge in [0.15, 0.2) is 0 Å². The second-order valence-corrected chi connectivity index (χ2v) is 8.45. The number of piperazine rings is 1. The SMILES string of the molecule is CCCC(C(N)=S)N1CCN(C(=O)c2csc(I)c2)CC1. The lowest BCUT2D eigenvalue weighted by molar-refractivity contribution is 0.0609. The van der Waals surface area contributed by atoms with E-state index in [1.807, 2.05) is 16.3 Å². The molecule has 1 amide bonds. The number of rotatable bonds is 5. The maximum absolute atomic E-state index is 12.4. The summed E-state index contributed by atoms with van der Waals surface area (Å²) >= 11 is 9.03. The van der Waals surface area contributed by atoms with Gasteiger partial charge in [0.05, 0.1) is 19.5 Å². The molecule has 0 bridgehead atoms. The van der Waals surface area contributed by atoms with Crippen LogP contribution in [-0.4, -0.2) is 52.9 Å². The van der Waals surface area contributed by atoms with Gasteiger partial charge in [-0.05, 0) is 35.1 Å². The summed E-state index contributed by atoms with van der Waals surface area (Å²) in [6.07, 6.45) is 2.06. The number of amides is 1. The highest BCUT2D eigenvalue weighted by molar-refractivity contribution is 14.1. The smallest absolute Gasteiger partial charge is 0.254 e. The summed E-state index contributed by atoms with van der Waals surface area (Å²) in [5.74, 6) is 0.135. The Morgan fingerprint density at radius 1 is 1.48 bits per heavy atom. The molecule has 1 fully saturated rings. The highest BCUT2D eigenvalue weighted by atomic mass is 127. The molecule has 0 spiro atoms. The molecule has 7 heteroatoms. The minimum atomic E-state index is 0.135. The van der Waals surface area contributed by atoms with Gasteiger partial charge in [0, 0.05) is 31.6 Å². The van der Waals surface area contributed by atoms with Crippen LogP contribution in [0.4, 0.5) is 0 Å². The summed E-state index contributed by atoms with van der Waals surface area (Å²) in [5.41, 5.74) is 6.65. The molecule has 4 nitrogen and oxygen atoms in total. The molecule has 0 radical (unpaired) electrons. The molecule has 116 valence electrons. The first-order chi connectivity index (χ1) is 10.0. The molecule has 0 aliphatic carbocycles. The van der Waals surface area contributed by atoms with E-state index in [0.29, 0.717) is 4.99 Å². The van der Waals surface area contributed by atoms with Crippen molar-refractivity contribution in [1.82, 2.24) is 9.80 Å². The highest BCUT2D eigenvalue weighted by Crippen LogP contribution is 2.19. The monoisotopic (exact) mass is 437 g/mol. The van der Waals surface area contributed by atoms with Gasteiger partial charge in [-0.25, -0.2) is 0 Å². The number of thiocarbonyl (C=S) groups is 1. The Hall–Kier alpha value is -0.250. The first-order valence-electron chi connectivity index (χ1n) is 7.09. The van der Waals surface area contributed by atoms with Gasteiger partial charge in [-0.1, -0.05) is 25.6 Å². The summed E-state index contributed by atoms with van der Waals surface area (Å²) in [6.45, 7) is 5.31. The van der Waals surface area contributed by atoms with Crippen molar-refractivity contribution >= 4 is 57.0 Å². The fourth-order valence-electron chi connectivity index (χ4n) is 2.62. The van der Waals surface area contributed by atoms with E-state index in [4.69, 9.17) is 18.0 Å². The van der Waals surface area contributed by atoms with Crippen molar-refractivity contribution in [3.05, 3.63) is 19.9 Å². The molecular formula is C14H20IN3OS2. The van der Waals surface area contributed by atoms with Crippen LogP contribution < -0.4 is 5.73 Å². The molecule has 1 aromatic rings. The van der Waals surface area contributed by atoms with Crippen LogP contribution in [0, 0.1) is 2.88 Å². The number of hydrogen-bond donors (Lipinski definition) is 1. The van der Waals surface area contributed by atoms with E-state index < -0.39 is 0 Å². The van der Waals surface area contributed by atoms with Gasteiger partial charge in [0.2, 0.25) is 0 Å². The molecular weight excluding hydrogens is 417 g/mol. The first-order valence-corrected chi connectivity index (χ1v) is 9.46. The van der Waals surface area contributed by atoms with E-state index in [2.05, 4.69) is 34.4 Å². The van der Waals surface area contributed by atoms with E-state index in [-0.39, 0.29) is 11.9 Å². The molecule has 2 heterocycles. The number of hydrogen-bond acceptors (Lipinski definition) is 4. The topological polar surface area (TPSA) is 49.6 Å². The van der Waals surface area contributed by atoms with Crippen molar-refractivity contribution in [3.8, 4) is 0 Å². The first kappa shape index (κ1) is 17.1. The largest absolute Gasteiger partial charge is 0.392 e. The predicted molar refractivity (Wildman–Crippen MR) is 100.0 cm³/mol. The lowest BCUT2D eigenvalue weighted by atomic mass is 10.1. The molecule has 0 aromatic carbocycles. The normalized spacial score (nSPS) is 17.7. The molecule has 1 aromatic heterocycles. The van der Waals surface area contributed by atoms with Crippen molar-refractivity contribution in [2.75, 3.05) is 26.2 Å². The Kier molecular flexibility index (Phi) is 6.39. The summed E-state index contributed by atoms with van der Waals surface area (Å²) in [6, 6.07) is 2.12. The number of nitrogens with two attached hydrogens (primary N) is 1. The van der Waals surface area contributed by atoms with E-state index in [0.717, 1.165) is 47.5 Å². The second-order valence-electron chi connectivity index (χ2n) is 5.17. The van der Waals surface area contributed by atoms with Crippen molar-refractivity contribution in [3.63, 3.8) is 0 Å². The van der Waals surface area contributed by atoms with Crippen molar-refractivity contribution in [2.24, 2.45) is 5.73 Å². The van der Waals surface area contributed by atoms with Crippen molar-refractivity contribution in [1.29, 1.82) is 0 Å². The zero-order chi connectivity index (χ0) is 15.4. The maximum Gasteiger partial charge on any atom is 0.254 e.